The van der Waals surface area contributed by atoms with Crippen LogP contribution in [0.2, 0.25) is 0 Å². The molecule has 0 aromatic carbocycles. The Hall–Kier alpha value is -0.840. The van der Waals surface area contributed by atoms with Crippen LogP contribution in [0.3, 0.4) is 0 Å². The molecule has 1 amide bonds. The normalized spacial score (nSPS) is 15.7. The van der Waals surface area contributed by atoms with Crippen molar-refractivity contribution in [2.75, 3.05) is 13.1 Å². The fraction of sp³-hybridized carbons (Fsp3) is 0.455. The van der Waals surface area contributed by atoms with Gasteiger partial charge in [0.2, 0.25) is 0 Å². The molecule has 0 unspecified atom stereocenters. The van der Waals surface area contributed by atoms with Gasteiger partial charge in [0.1, 0.15) is 0 Å². The number of likely N-dealkylation sites (tertiary alicyclic amines) is 1. The zero-order valence-corrected chi connectivity index (χ0v) is 11.0. The fourth-order valence-corrected chi connectivity index (χ4v) is 1.78. The van der Waals surface area contributed by atoms with Crippen molar-refractivity contribution in [1.82, 2.24) is 9.88 Å². The van der Waals surface area contributed by atoms with E-state index in [-0.39, 0.29) is 36.8 Å². The van der Waals surface area contributed by atoms with Gasteiger partial charge >= 0.3 is 0 Å². The van der Waals surface area contributed by atoms with Crippen LogP contribution in [-0.2, 0) is 0 Å². The van der Waals surface area contributed by atoms with Crippen LogP contribution >= 0.6 is 24.8 Å². The van der Waals surface area contributed by atoms with Gasteiger partial charge in [-0.2, -0.15) is 0 Å². The van der Waals surface area contributed by atoms with E-state index in [9.17, 15) is 4.79 Å². The molecule has 1 aromatic heterocycles. The second-order valence-electron chi connectivity index (χ2n) is 3.87. The molecule has 0 radical (unpaired) electrons. The number of piperidine rings is 1. The summed E-state index contributed by atoms with van der Waals surface area (Å²) in [5, 5.41) is 0. The van der Waals surface area contributed by atoms with Gasteiger partial charge in [0.05, 0.1) is 0 Å². The Bertz CT molecular complexity index is 340. The number of carbonyl (C=O) groups is 1. The van der Waals surface area contributed by atoms with Crippen molar-refractivity contribution in [3.63, 3.8) is 0 Å². The summed E-state index contributed by atoms with van der Waals surface area (Å²) in [7, 11) is 0. The van der Waals surface area contributed by atoms with Gasteiger partial charge in [0.25, 0.3) is 5.91 Å². The Morgan fingerprint density at radius 3 is 2.29 bits per heavy atom. The lowest BCUT2D eigenvalue weighted by Crippen LogP contribution is -2.42. The van der Waals surface area contributed by atoms with Gasteiger partial charge < -0.3 is 10.6 Å². The number of aromatic nitrogens is 1. The van der Waals surface area contributed by atoms with Gasteiger partial charge in [-0.1, -0.05) is 0 Å². The molecular formula is C11H17Cl2N3O. The lowest BCUT2D eigenvalue weighted by molar-refractivity contribution is 0.0714. The maximum atomic E-state index is 12.0. The van der Waals surface area contributed by atoms with E-state index in [0.29, 0.717) is 5.56 Å². The minimum atomic E-state index is 0. The standard InChI is InChI=1S/C11H15N3O.2ClH/c12-10-3-7-14(8-4-10)11(15)9-1-5-13-6-2-9;;/h1-2,5-6,10H,3-4,7-8,12H2;2*1H. The Morgan fingerprint density at radius 2 is 1.76 bits per heavy atom. The zero-order valence-electron chi connectivity index (χ0n) is 9.41. The highest BCUT2D eigenvalue weighted by atomic mass is 35.5. The summed E-state index contributed by atoms with van der Waals surface area (Å²) in [6.07, 6.45) is 5.08. The highest BCUT2D eigenvalue weighted by Gasteiger charge is 2.21. The minimum Gasteiger partial charge on any atom is -0.339 e. The molecule has 1 aromatic rings. The highest BCUT2D eigenvalue weighted by molar-refractivity contribution is 5.94. The molecule has 2 rings (SSSR count). The number of hydrogen-bond acceptors (Lipinski definition) is 3. The van der Waals surface area contributed by atoms with Crippen molar-refractivity contribution < 1.29 is 4.79 Å². The number of rotatable bonds is 1. The Kier molecular flexibility index (Phi) is 7.11. The van der Waals surface area contributed by atoms with Crippen LogP contribution in [0.4, 0.5) is 0 Å². The average molecular weight is 278 g/mol. The molecule has 4 nitrogen and oxygen atoms in total. The Balaban J connectivity index is 0.00000128. The van der Waals surface area contributed by atoms with Crippen LogP contribution in [0, 0.1) is 0 Å². The Morgan fingerprint density at radius 1 is 1.24 bits per heavy atom. The monoisotopic (exact) mass is 277 g/mol. The molecule has 0 atom stereocenters. The molecule has 1 aliphatic heterocycles. The number of nitrogens with two attached hydrogens (primary N) is 1. The smallest absolute Gasteiger partial charge is 0.253 e. The topological polar surface area (TPSA) is 59.2 Å². The van der Waals surface area contributed by atoms with Crippen LogP contribution in [0.5, 0.6) is 0 Å². The minimum absolute atomic E-state index is 0. The summed E-state index contributed by atoms with van der Waals surface area (Å²) >= 11 is 0. The van der Waals surface area contributed by atoms with Crippen LogP contribution in [0.25, 0.3) is 0 Å². The third-order valence-electron chi connectivity index (χ3n) is 2.75. The SMILES string of the molecule is Cl.Cl.NC1CCN(C(=O)c2ccncc2)CC1. The molecule has 2 heterocycles. The molecule has 1 fully saturated rings. The quantitative estimate of drug-likeness (QED) is 0.846. The molecule has 0 saturated carbocycles. The van der Waals surface area contributed by atoms with E-state index >= 15 is 0 Å². The Labute approximate surface area is 113 Å². The van der Waals surface area contributed by atoms with Crippen LogP contribution < -0.4 is 5.73 Å². The second kappa shape index (κ2) is 7.48. The van der Waals surface area contributed by atoms with E-state index in [1.807, 2.05) is 4.90 Å². The molecule has 17 heavy (non-hydrogen) atoms. The van der Waals surface area contributed by atoms with Gasteiger partial charge in [-0.15, -0.1) is 24.8 Å². The molecule has 0 aliphatic carbocycles. The van der Waals surface area contributed by atoms with E-state index in [0.717, 1.165) is 25.9 Å². The summed E-state index contributed by atoms with van der Waals surface area (Å²) in [6.45, 7) is 1.53. The van der Waals surface area contributed by atoms with E-state index in [1.54, 1.807) is 24.5 Å². The van der Waals surface area contributed by atoms with E-state index in [1.165, 1.54) is 0 Å². The van der Waals surface area contributed by atoms with Crippen molar-refractivity contribution in [2.45, 2.75) is 18.9 Å². The van der Waals surface area contributed by atoms with E-state index in [4.69, 9.17) is 5.73 Å². The number of hydrogen-bond donors (Lipinski definition) is 1. The number of pyridine rings is 1. The van der Waals surface area contributed by atoms with Crippen molar-refractivity contribution in [3.05, 3.63) is 30.1 Å². The number of amides is 1. The van der Waals surface area contributed by atoms with Crippen molar-refractivity contribution in [3.8, 4) is 0 Å². The number of carbonyl (C=O) groups excluding carboxylic acids is 1. The summed E-state index contributed by atoms with van der Waals surface area (Å²) < 4.78 is 0. The molecule has 0 spiro atoms. The molecule has 0 bridgehead atoms. The molecule has 1 saturated heterocycles. The number of halogens is 2. The number of nitrogens with zero attached hydrogens (tertiary/aromatic N) is 2. The van der Waals surface area contributed by atoms with Crippen LogP contribution in [-0.4, -0.2) is 34.9 Å². The molecular weight excluding hydrogens is 261 g/mol. The summed E-state index contributed by atoms with van der Waals surface area (Å²) in [5.41, 5.74) is 6.50. The largest absolute Gasteiger partial charge is 0.339 e. The lowest BCUT2D eigenvalue weighted by atomic mass is 10.1. The predicted octanol–water partition coefficient (Wildman–Crippen LogP) is 1.49. The maximum absolute atomic E-state index is 12.0. The van der Waals surface area contributed by atoms with Gasteiger partial charge in [0.15, 0.2) is 0 Å². The average Bonchev–Trinajstić information content (AvgIpc) is 2.30. The lowest BCUT2D eigenvalue weighted by Gasteiger charge is -2.30. The van der Waals surface area contributed by atoms with Gasteiger partial charge in [-0.3, -0.25) is 9.78 Å². The van der Waals surface area contributed by atoms with Crippen LogP contribution in [0.15, 0.2) is 24.5 Å². The predicted molar refractivity (Wildman–Crippen MR) is 71.8 cm³/mol. The van der Waals surface area contributed by atoms with Crippen molar-refractivity contribution in [1.29, 1.82) is 0 Å². The molecule has 1 aliphatic rings. The van der Waals surface area contributed by atoms with Gasteiger partial charge in [-0.05, 0) is 25.0 Å². The maximum Gasteiger partial charge on any atom is 0.253 e. The third kappa shape index (κ3) is 4.15. The first kappa shape index (κ1) is 16.2. The first-order valence-electron chi connectivity index (χ1n) is 5.22. The molecule has 2 N–H and O–H groups in total. The van der Waals surface area contributed by atoms with Crippen LogP contribution in [0.1, 0.15) is 23.2 Å². The fourth-order valence-electron chi connectivity index (χ4n) is 1.78. The van der Waals surface area contributed by atoms with Crippen molar-refractivity contribution >= 4 is 30.7 Å². The van der Waals surface area contributed by atoms with E-state index < -0.39 is 0 Å². The highest BCUT2D eigenvalue weighted by Crippen LogP contribution is 2.11. The van der Waals surface area contributed by atoms with Gasteiger partial charge in [-0.25, -0.2) is 0 Å². The summed E-state index contributed by atoms with van der Waals surface area (Å²) in [6, 6.07) is 3.75. The first-order chi connectivity index (χ1) is 7.27. The second-order valence-corrected chi connectivity index (χ2v) is 3.87. The summed E-state index contributed by atoms with van der Waals surface area (Å²) in [4.78, 5) is 17.7. The first-order valence-corrected chi connectivity index (χ1v) is 5.22. The van der Waals surface area contributed by atoms with Gasteiger partial charge in [0, 0.05) is 37.1 Å². The van der Waals surface area contributed by atoms with Crippen molar-refractivity contribution in [2.24, 2.45) is 5.73 Å². The summed E-state index contributed by atoms with van der Waals surface area (Å²) in [5.74, 6) is 0.0873. The van der Waals surface area contributed by atoms with E-state index in [2.05, 4.69) is 4.98 Å². The molecule has 6 heteroatoms. The molecule has 96 valence electrons. The zero-order chi connectivity index (χ0) is 10.7. The third-order valence-corrected chi connectivity index (χ3v) is 2.75.